The number of benzene rings is 1. The zero-order chi connectivity index (χ0) is 20.6. The van der Waals surface area contributed by atoms with Crippen molar-refractivity contribution in [1.82, 2.24) is 10.4 Å². The molecule has 1 aromatic carbocycles. The highest BCUT2D eigenvalue weighted by atomic mass is 35.5. The second-order valence-corrected chi connectivity index (χ2v) is 7.88. The lowest BCUT2D eigenvalue weighted by molar-refractivity contribution is 0.0950. The number of anilines is 2. The van der Waals surface area contributed by atoms with E-state index in [2.05, 4.69) is 46.4 Å². The summed E-state index contributed by atoms with van der Waals surface area (Å²) in [6.45, 7) is 4.27. The van der Waals surface area contributed by atoms with Gasteiger partial charge in [-0.2, -0.15) is 5.10 Å². The number of pyridine rings is 1. The van der Waals surface area contributed by atoms with Gasteiger partial charge in [-0.3, -0.25) is 4.79 Å². The largest absolute Gasteiger partial charge is 0.396 e. The summed E-state index contributed by atoms with van der Waals surface area (Å²) in [6.07, 6.45) is 3.35. The van der Waals surface area contributed by atoms with Crippen LogP contribution < -0.4 is 16.1 Å². The van der Waals surface area contributed by atoms with Crippen molar-refractivity contribution in [2.75, 3.05) is 17.7 Å². The Kier molecular flexibility index (Phi) is 5.57. The number of carbonyl (C=O) groups excluding carboxylic acids is 1. The average Bonchev–Trinajstić information content (AvgIpc) is 2.86. The van der Waals surface area contributed by atoms with E-state index in [1.54, 1.807) is 0 Å². The number of halogens is 3. The van der Waals surface area contributed by atoms with Gasteiger partial charge in [0.1, 0.15) is 5.02 Å². The van der Waals surface area contributed by atoms with Crippen molar-refractivity contribution in [3.8, 4) is 0 Å². The lowest BCUT2D eigenvalue weighted by Crippen LogP contribution is -2.23. The molecule has 3 rings (SSSR count). The van der Waals surface area contributed by atoms with E-state index in [1.165, 1.54) is 11.8 Å². The van der Waals surface area contributed by atoms with E-state index in [9.17, 15) is 4.79 Å². The molecular formula is C19H18Cl3N5O. The smallest absolute Gasteiger partial charge is 0.291 e. The fourth-order valence-electron chi connectivity index (χ4n) is 3.24. The molecule has 1 aliphatic rings. The molecule has 0 saturated carbocycles. The maximum Gasteiger partial charge on any atom is 0.291 e. The van der Waals surface area contributed by atoms with Crippen LogP contribution in [0.1, 0.15) is 29.9 Å². The van der Waals surface area contributed by atoms with Crippen LogP contribution in [-0.4, -0.2) is 24.2 Å². The van der Waals surface area contributed by atoms with Crippen LogP contribution in [0.25, 0.3) is 0 Å². The Morgan fingerprint density at radius 1 is 1.25 bits per heavy atom. The molecule has 2 aromatic rings. The number of nitrogens with two attached hydrogens (primary N) is 1. The first-order valence-corrected chi connectivity index (χ1v) is 9.47. The van der Waals surface area contributed by atoms with E-state index in [1.807, 2.05) is 25.3 Å². The lowest BCUT2D eigenvalue weighted by atomic mass is 9.84. The summed E-state index contributed by atoms with van der Waals surface area (Å²) in [5, 5.41) is 3.77. The third-order valence-corrected chi connectivity index (χ3v) is 5.84. The Morgan fingerprint density at radius 3 is 2.61 bits per heavy atom. The zero-order valence-electron chi connectivity index (χ0n) is 15.4. The van der Waals surface area contributed by atoms with E-state index in [-0.39, 0.29) is 32.0 Å². The van der Waals surface area contributed by atoms with Crippen LogP contribution in [0.5, 0.6) is 0 Å². The van der Waals surface area contributed by atoms with Crippen LogP contribution in [0.4, 0.5) is 11.4 Å². The third-order valence-electron chi connectivity index (χ3n) is 4.70. The van der Waals surface area contributed by atoms with Gasteiger partial charge in [0.05, 0.1) is 10.7 Å². The Balaban J connectivity index is 1.79. The highest BCUT2D eigenvalue weighted by Crippen LogP contribution is 2.46. The fraction of sp³-hybridized carbons (Fsp3) is 0.211. The van der Waals surface area contributed by atoms with Gasteiger partial charge in [0.2, 0.25) is 0 Å². The molecule has 0 aliphatic carbocycles. The molecule has 0 atom stereocenters. The quantitative estimate of drug-likeness (QED) is 0.415. The predicted octanol–water partition coefficient (Wildman–Crippen LogP) is 4.65. The standard InChI is InChI=1S/C19H18Cl3N5O/c1-19(2)10-6-4-5-7-11(10)27(3)12(19)8-9-24-26-18(28)16-13(20)15(23)14(21)17(22)25-16/h4-9H,1-3H3,(H2,23,25)(H,26,28). The number of nitrogens with one attached hydrogen (secondary N) is 1. The monoisotopic (exact) mass is 437 g/mol. The Morgan fingerprint density at radius 2 is 1.93 bits per heavy atom. The molecule has 0 unspecified atom stereocenters. The minimum atomic E-state index is -0.646. The summed E-state index contributed by atoms with van der Waals surface area (Å²) in [4.78, 5) is 18.2. The van der Waals surface area contributed by atoms with Gasteiger partial charge in [-0.05, 0) is 17.7 Å². The van der Waals surface area contributed by atoms with Gasteiger partial charge in [-0.15, -0.1) is 0 Å². The second-order valence-electron chi connectivity index (χ2n) is 6.77. The number of carbonyl (C=O) groups is 1. The van der Waals surface area contributed by atoms with E-state index in [0.29, 0.717) is 0 Å². The van der Waals surface area contributed by atoms with Crippen molar-refractivity contribution < 1.29 is 4.79 Å². The molecule has 1 amide bonds. The molecule has 9 heteroatoms. The average molecular weight is 439 g/mol. The highest BCUT2D eigenvalue weighted by molar-refractivity contribution is 6.46. The fourth-order valence-corrected chi connectivity index (χ4v) is 3.83. The predicted molar refractivity (Wildman–Crippen MR) is 116 cm³/mol. The van der Waals surface area contributed by atoms with Crippen molar-refractivity contribution in [1.29, 1.82) is 0 Å². The number of hydrazone groups is 1. The van der Waals surface area contributed by atoms with Crippen molar-refractivity contribution >= 4 is 58.3 Å². The Hall–Kier alpha value is -2.28. The van der Waals surface area contributed by atoms with Crippen LogP contribution in [0, 0.1) is 0 Å². The molecule has 0 fully saturated rings. The summed E-state index contributed by atoms with van der Waals surface area (Å²) >= 11 is 17.7. The van der Waals surface area contributed by atoms with Crippen molar-refractivity contribution in [3.63, 3.8) is 0 Å². The molecule has 0 saturated heterocycles. The van der Waals surface area contributed by atoms with Crippen LogP contribution in [0.3, 0.4) is 0 Å². The molecule has 1 aliphatic heterocycles. The summed E-state index contributed by atoms with van der Waals surface area (Å²) in [5.74, 6) is -0.646. The minimum Gasteiger partial charge on any atom is -0.396 e. The first kappa shape index (κ1) is 20.5. The van der Waals surface area contributed by atoms with E-state index in [4.69, 9.17) is 40.5 Å². The van der Waals surface area contributed by atoms with Gasteiger partial charge in [0.25, 0.3) is 5.91 Å². The third kappa shape index (κ3) is 3.43. The number of hydrogen-bond donors (Lipinski definition) is 2. The van der Waals surface area contributed by atoms with Crippen LogP contribution in [-0.2, 0) is 5.41 Å². The number of nitrogens with zero attached hydrogens (tertiary/aromatic N) is 3. The first-order valence-electron chi connectivity index (χ1n) is 8.33. The summed E-state index contributed by atoms with van der Waals surface area (Å²) in [6, 6.07) is 8.20. The van der Waals surface area contributed by atoms with Crippen molar-refractivity contribution in [3.05, 3.63) is 62.5 Å². The molecule has 6 nitrogen and oxygen atoms in total. The molecule has 0 radical (unpaired) electrons. The van der Waals surface area contributed by atoms with E-state index in [0.717, 1.165) is 11.4 Å². The van der Waals surface area contributed by atoms with Gasteiger partial charge in [-0.25, -0.2) is 10.4 Å². The van der Waals surface area contributed by atoms with Gasteiger partial charge in [0, 0.05) is 30.1 Å². The highest BCUT2D eigenvalue weighted by Gasteiger charge is 2.37. The topological polar surface area (TPSA) is 83.6 Å². The first-order chi connectivity index (χ1) is 13.2. The maximum atomic E-state index is 12.3. The number of rotatable bonds is 3. The molecular weight excluding hydrogens is 421 g/mol. The number of hydrogen-bond acceptors (Lipinski definition) is 5. The molecule has 0 spiro atoms. The van der Waals surface area contributed by atoms with E-state index < -0.39 is 5.91 Å². The van der Waals surface area contributed by atoms with Crippen molar-refractivity contribution in [2.24, 2.45) is 5.10 Å². The minimum absolute atomic E-state index is 0.00233. The summed E-state index contributed by atoms with van der Waals surface area (Å²) in [7, 11) is 1.99. The summed E-state index contributed by atoms with van der Waals surface area (Å²) in [5.41, 5.74) is 11.1. The van der Waals surface area contributed by atoms with Crippen molar-refractivity contribution in [2.45, 2.75) is 19.3 Å². The lowest BCUT2D eigenvalue weighted by Gasteiger charge is -2.23. The van der Waals surface area contributed by atoms with Gasteiger partial charge < -0.3 is 10.6 Å². The SMILES string of the molecule is CN1C(=CC=NNC(=O)c2nc(Cl)c(Cl)c(N)c2Cl)C(C)(C)c2ccccc21. The molecule has 146 valence electrons. The van der Waals surface area contributed by atoms with Crippen LogP contribution in [0.2, 0.25) is 15.2 Å². The molecule has 1 aromatic heterocycles. The second kappa shape index (κ2) is 7.62. The zero-order valence-corrected chi connectivity index (χ0v) is 17.7. The van der Waals surface area contributed by atoms with E-state index >= 15 is 0 Å². The molecule has 2 heterocycles. The number of nitrogen functional groups attached to an aromatic ring is 1. The number of allylic oxidation sites excluding steroid dienone is 2. The Labute approximate surface area is 178 Å². The molecule has 0 bridgehead atoms. The maximum absolute atomic E-state index is 12.3. The van der Waals surface area contributed by atoms with Gasteiger partial charge in [-0.1, -0.05) is 66.8 Å². The molecule has 3 N–H and O–H groups in total. The normalized spacial score (nSPS) is 16.6. The Bertz CT molecular complexity index is 1020. The van der Waals surface area contributed by atoms with Crippen LogP contribution in [0.15, 0.2) is 41.1 Å². The number of fused-ring (bicyclic) bond motifs is 1. The number of amides is 1. The number of aromatic nitrogens is 1. The number of likely N-dealkylation sites (N-methyl/N-ethyl adjacent to an activating group) is 1. The summed E-state index contributed by atoms with van der Waals surface area (Å²) < 4.78 is 0. The van der Waals surface area contributed by atoms with Gasteiger partial charge >= 0.3 is 0 Å². The van der Waals surface area contributed by atoms with Crippen LogP contribution >= 0.6 is 34.8 Å². The van der Waals surface area contributed by atoms with Gasteiger partial charge in [0.15, 0.2) is 10.8 Å². The molecule has 28 heavy (non-hydrogen) atoms. The number of para-hydroxylation sites is 1.